The topological polar surface area (TPSA) is 55.6 Å². The van der Waals surface area contributed by atoms with E-state index in [1.165, 1.54) is 0 Å². The zero-order valence-corrected chi connectivity index (χ0v) is 12.1. The molecule has 98 valence electrons. The number of hydrogen-bond donors (Lipinski definition) is 1. The van der Waals surface area contributed by atoms with Crippen LogP contribution in [0, 0.1) is 0 Å². The highest BCUT2D eigenvalue weighted by atomic mass is 79.9. The first-order valence-corrected chi connectivity index (χ1v) is 6.74. The van der Waals surface area contributed by atoms with Crippen LogP contribution in [0.15, 0.2) is 22.7 Å². The van der Waals surface area contributed by atoms with E-state index in [-0.39, 0.29) is 18.0 Å². The van der Waals surface area contributed by atoms with Crippen LogP contribution in [-0.4, -0.2) is 36.5 Å². The van der Waals surface area contributed by atoms with Gasteiger partial charge in [-0.25, -0.2) is 0 Å². The molecule has 2 atom stereocenters. The zero-order valence-electron chi connectivity index (χ0n) is 10.5. The Labute approximate surface area is 115 Å². The van der Waals surface area contributed by atoms with E-state index in [9.17, 15) is 4.79 Å². The third kappa shape index (κ3) is 2.37. The smallest absolute Gasteiger partial charge is 0.254 e. The van der Waals surface area contributed by atoms with Gasteiger partial charge in [0, 0.05) is 24.2 Å². The lowest BCUT2D eigenvalue weighted by molar-refractivity contribution is 0.0742. The Kier molecular flexibility index (Phi) is 3.92. The molecule has 2 N–H and O–H groups in total. The summed E-state index contributed by atoms with van der Waals surface area (Å²) in [4.78, 5) is 14.2. The zero-order chi connectivity index (χ0) is 13.3. The number of amides is 1. The lowest BCUT2D eigenvalue weighted by Crippen LogP contribution is -2.40. The van der Waals surface area contributed by atoms with Crippen molar-refractivity contribution in [1.82, 2.24) is 4.90 Å². The molecule has 1 amide bonds. The summed E-state index contributed by atoms with van der Waals surface area (Å²) in [6.45, 7) is 2.72. The molecule has 1 saturated heterocycles. The maximum absolute atomic E-state index is 12.4. The van der Waals surface area contributed by atoms with Crippen LogP contribution in [0.4, 0.5) is 0 Å². The fraction of sp³-hybridized carbons (Fsp3) is 0.462. The quantitative estimate of drug-likeness (QED) is 0.909. The van der Waals surface area contributed by atoms with Crippen molar-refractivity contribution in [1.29, 1.82) is 0 Å². The first kappa shape index (κ1) is 13.4. The minimum atomic E-state index is 0.0267. The molecule has 0 radical (unpaired) electrons. The summed E-state index contributed by atoms with van der Waals surface area (Å²) in [5.41, 5.74) is 6.59. The van der Waals surface area contributed by atoms with E-state index >= 15 is 0 Å². The third-order valence-corrected chi connectivity index (χ3v) is 4.09. The first-order chi connectivity index (χ1) is 8.54. The van der Waals surface area contributed by atoms with Gasteiger partial charge in [-0.15, -0.1) is 0 Å². The van der Waals surface area contributed by atoms with Crippen molar-refractivity contribution in [3.63, 3.8) is 0 Å². The molecule has 4 nitrogen and oxygen atoms in total. The normalized spacial score (nSPS) is 23.2. The van der Waals surface area contributed by atoms with Crippen LogP contribution in [-0.2, 0) is 0 Å². The van der Waals surface area contributed by atoms with Crippen LogP contribution in [0.1, 0.15) is 23.7 Å². The van der Waals surface area contributed by atoms with Crippen molar-refractivity contribution in [2.45, 2.75) is 25.4 Å². The molecule has 2 unspecified atom stereocenters. The van der Waals surface area contributed by atoms with Gasteiger partial charge in [0.05, 0.1) is 11.6 Å². The fourth-order valence-corrected chi connectivity index (χ4v) is 2.76. The number of carbonyl (C=O) groups is 1. The van der Waals surface area contributed by atoms with Gasteiger partial charge < -0.3 is 15.4 Å². The highest BCUT2D eigenvalue weighted by Crippen LogP contribution is 2.27. The van der Waals surface area contributed by atoms with Crippen molar-refractivity contribution in [3.05, 3.63) is 28.2 Å². The Morgan fingerprint density at radius 1 is 1.56 bits per heavy atom. The number of benzene rings is 1. The summed E-state index contributed by atoms with van der Waals surface area (Å²) in [7, 11) is 1.60. The van der Waals surface area contributed by atoms with Gasteiger partial charge >= 0.3 is 0 Å². The minimum Gasteiger partial charge on any atom is -0.496 e. The molecule has 1 aliphatic heterocycles. The molecule has 0 saturated carbocycles. The predicted octanol–water partition coefficient (Wildman–Crippen LogP) is 2.02. The summed E-state index contributed by atoms with van der Waals surface area (Å²) in [6, 6.07) is 5.53. The molecule has 0 bridgehead atoms. The molecule has 0 aliphatic carbocycles. The molecule has 18 heavy (non-hydrogen) atoms. The maximum Gasteiger partial charge on any atom is 0.254 e. The van der Waals surface area contributed by atoms with Crippen molar-refractivity contribution in [3.8, 4) is 5.75 Å². The van der Waals surface area contributed by atoms with Gasteiger partial charge in [0.2, 0.25) is 0 Å². The van der Waals surface area contributed by atoms with Crippen molar-refractivity contribution >= 4 is 21.8 Å². The number of hydrogen-bond acceptors (Lipinski definition) is 3. The Bertz CT molecular complexity index is 464. The molecule has 2 rings (SSSR count). The van der Waals surface area contributed by atoms with Crippen LogP contribution in [0.25, 0.3) is 0 Å². The summed E-state index contributed by atoms with van der Waals surface area (Å²) < 4.78 is 5.94. The standard InChI is InChI=1S/C13H17BrN2O2/c1-8-11(15)5-6-16(8)13(17)9-3-4-12(18-2)10(14)7-9/h3-4,7-8,11H,5-6,15H2,1-2H3. The van der Waals surface area contributed by atoms with Gasteiger partial charge in [-0.05, 0) is 47.5 Å². The van der Waals surface area contributed by atoms with E-state index in [1.54, 1.807) is 25.3 Å². The van der Waals surface area contributed by atoms with Crippen molar-refractivity contribution in [2.24, 2.45) is 5.73 Å². The van der Waals surface area contributed by atoms with E-state index < -0.39 is 0 Å². The summed E-state index contributed by atoms with van der Waals surface area (Å²) in [6.07, 6.45) is 0.865. The Morgan fingerprint density at radius 3 is 2.78 bits per heavy atom. The summed E-state index contributed by atoms with van der Waals surface area (Å²) in [5, 5.41) is 0. The van der Waals surface area contributed by atoms with E-state index in [1.807, 2.05) is 11.8 Å². The van der Waals surface area contributed by atoms with Gasteiger partial charge in [0.1, 0.15) is 5.75 Å². The Hall–Kier alpha value is -1.07. The van der Waals surface area contributed by atoms with Crippen LogP contribution in [0.3, 0.4) is 0 Å². The third-order valence-electron chi connectivity index (χ3n) is 3.47. The monoisotopic (exact) mass is 312 g/mol. The van der Waals surface area contributed by atoms with E-state index in [0.717, 1.165) is 23.2 Å². The molecule has 1 fully saturated rings. The van der Waals surface area contributed by atoms with Crippen LogP contribution in [0.2, 0.25) is 0 Å². The van der Waals surface area contributed by atoms with E-state index in [0.29, 0.717) is 5.56 Å². The molecule has 1 heterocycles. The number of rotatable bonds is 2. The number of likely N-dealkylation sites (tertiary alicyclic amines) is 1. The van der Waals surface area contributed by atoms with Gasteiger partial charge in [-0.2, -0.15) is 0 Å². The molecule has 0 spiro atoms. The van der Waals surface area contributed by atoms with Gasteiger partial charge in [0.25, 0.3) is 5.91 Å². The van der Waals surface area contributed by atoms with Crippen molar-refractivity contribution in [2.75, 3.05) is 13.7 Å². The highest BCUT2D eigenvalue weighted by molar-refractivity contribution is 9.10. The summed E-state index contributed by atoms with van der Waals surface area (Å²) in [5.74, 6) is 0.747. The lowest BCUT2D eigenvalue weighted by Gasteiger charge is -2.23. The SMILES string of the molecule is COc1ccc(C(=O)N2CCC(N)C2C)cc1Br. The average molecular weight is 313 g/mol. The predicted molar refractivity (Wildman–Crippen MR) is 73.8 cm³/mol. The number of nitrogens with two attached hydrogens (primary N) is 1. The second-order valence-corrected chi connectivity index (χ2v) is 5.40. The van der Waals surface area contributed by atoms with Crippen molar-refractivity contribution < 1.29 is 9.53 Å². The average Bonchev–Trinajstić information content (AvgIpc) is 2.69. The van der Waals surface area contributed by atoms with E-state index in [4.69, 9.17) is 10.5 Å². The van der Waals surface area contributed by atoms with Gasteiger partial charge in [-0.3, -0.25) is 4.79 Å². The Balaban J connectivity index is 2.21. The number of halogens is 1. The Morgan fingerprint density at radius 2 is 2.28 bits per heavy atom. The number of methoxy groups -OCH3 is 1. The second-order valence-electron chi connectivity index (χ2n) is 4.54. The molecular weight excluding hydrogens is 296 g/mol. The molecule has 0 aromatic heterocycles. The first-order valence-electron chi connectivity index (χ1n) is 5.94. The van der Waals surface area contributed by atoms with Crippen LogP contribution in [0.5, 0.6) is 5.75 Å². The highest BCUT2D eigenvalue weighted by Gasteiger charge is 2.31. The molecular formula is C13H17BrN2O2. The number of carbonyl (C=O) groups excluding carboxylic acids is 1. The second kappa shape index (κ2) is 5.28. The molecule has 1 aliphatic rings. The molecule has 5 heteroatoms. The minimum absolute atomic E-state index is 0.0267. The number of nitrogens with zero attached hydrogens (tertiary/aromatic N) is 1. The molecule has 1 aromatic carbocycles. The van der Waals surface area contributed by atoms with Crippen LogP contribution >= 0.6 is 15.9 Å². The summed E-state index contributed by atoms with van der Waals surface area (Å²) >= 11 is 3.39. The van der Waals surface area contributed by atoms with Gasteiger partial charge in [-0.1, -0.05) is 0 Å². The fourth-order valence-electron chi connectivity index (χ4n) is 2.22. The van der Waals surface area contributed by atoms with Gasteiger partial charge in [0.15, 0.2) is 0 Å². The molecule has 1 aromatic rings. The van der Waals surface area contributed by atoms with E-state index in [2.05, 4.69) is 15.9 Å². The maximum atomic E-state index is 12.4. The lowest BCUT2D eigenvalue weighted by atomic mass is 10.1. The largest absolute Gasteiger partial charge is 0.496 e. The number of ether oxygens (including phenoxy) is 1. The van der Waals surface area contributed by atoms with Crippen LogP contribution < -0.4 is 10.5 Å².